The van der Waals surface area contributed by atoms with E-state index in [4.69, 9.17) is 4.98 Å². The van der Waals surface area contributed by atoms with Crippen LogP contribution in [-0.2, 0) is 0 Å². The normalized spacial score (nSPS) is 10.8. The predicted molar refractivity (Wildman–Crippen MR) is 86.4 cm³/mol. The fourth-order valence-electron chi connectivity index (χ4n) is 2.27. The molecule has 3 rings (SSSR count). The van der Waals surface area contributed by atoms with Gasteiger partial charge in [0.15, 0.2) is 5.82 Å². The van der Waals surface area contributed by atoms with E-state index in [1.165, 1.54) is 0 Å². The van der Waals surface area contributed by atoms with Crippen LogP contribution in [0, 0.1) is 13.8 Å². The maximum absolute atomic E-state index is 4.72. The van der Waals surface area contributed by atoms with E-state index in [9.17, 15) is 0 Å². The van der Waals surface area contributed by atoms with E-state index in [2.05, 4.69) is 34.3 Å². The number of para-hydroxylation sites is 1. The smallest absolute Gasteiger partial charge is 0.154 e. The van der Waals surface area contributed by atoms with E-state index in [-0.39, 0.29) is 0 Å². The van der Waals surface area contributed by atoms with Crippen molar-refractivity contribution in [1.29, 1.82) is 0 Å². The van der Waals surface area contributed by atoms with Crippen LogP contribution in [0.5, 0.6) is 0 Å². The van der Waals surface area contributed by atoms with Gasteiger partial charge in [0.1, 0.15) is 5.69 Å². The minimum absolute atomic E-state index is 0.795. The van der Waals surface area contributed by atoms with Gasteiger partial charge in [-0.15, -0.1) is 0 Å². The highest BCUT2D eigenvalue weighted by Gasteiger charge is 2.12. The molecule has 0 aliphatic rings. The fraction of sp³-hybridized carbons (Fsp3) is 0.235. The van der Waals surface area contributed by atoms with Gasteiger partial charge >= 0.3 is 0 Å². The summed E-state index contributed by atoms with van der Waals surface area (Å²) >= 11 is 0. The van der Waals surface area contributed by atoms with E-state index in [0.717, 1.165) is 46.0 Å². The molecule has 21 heavy (non-hydrogen) atoms. The second-order valence-electron chi connectivity index (χ2n) is 5.01. The molecule has 0 atom stereocenters. The zero-order valence-corrected chi connectivity index (χ0v) is 12.5. The lowest BCUT2D eigenvalue weighted by Gasteiger charge is -2.11. The third kappa shape index (κ3) is 2.57. The number of rotatable bonds is 3. The Kier molecular flexibility index (Phi) is 3.52. The molecule has 1 N–H and O–H groups in total. The predicted octanol–water partition coefficient (Wildman–Crippen LogP) is 3.74. The first-order valence-corrected chi connectivity index (χ1v) is 7.14. The minimum atomic E-state index is 0.795. The summed E-state index contributed by atoms with van der Waals surface area (Å²) in [6.45, 7) is 6.80. The Labute approximate surface area is 124 Å². The van der Waals surface area contributed by atoms with Gasteiger partial charge in [0, 0.05) is 11.9 Å². The lowest BCUT2D eigenvalue weighted by molar-refractivity contribution is 1.03. The molecule has 2 aromatic heterocycles. The van der Waals surface area contributed by atoms with Gasteiger partial charge in [-0.2, -0.15) is 0 Å². The van der Waals surface area contributed by atoms with Crippen LogP contribution in [0.1, 0.15) is 18.3 Å². The molecule has 0 saturated carbocycles. The van der Waals surface area contributed by atoms with Crippen LogP contribution in [0.15, 0.2) is 36.4 Å². The van der Waals surface area contributed by atoms with Crippen molar-refractivity contribution in [3.63, 3.8) is 0 Å². The maximum atomic E-state index is 4.72. The number of anilines is 1. The van der Waals surface area contributed by atoms with E-state index in [1.54, 1.807) is 0 Å². The summed E-state index contributed by atoms with van der Waals surface area (Å²) in [6.07, 6.45) is 0. The summed E-state index contributed by atoms with van der Waals surface area (Å²) in [6, 6.07) is 12.2. The molecule has 0 unspecified atom stereocenters. The van der Waals surface area contributed by atoms with Crippen molar-refractivity contribution in [3.8, 4) is 11.4 Å². The largest absolute Gasteiger partial charge is 0.368 e. The molecular formula is C17H18N4. The van der Waals surface area contributed by atoms with Crippen LogP contribution in [0.4, 0.5) is 5.82 Å². The average molecular weight is 278 g/mol. The summed E-state index contributed by atoms with van der Waals surface area (Å²) < 4.78 is 0. The van der Waals surface area contributed by atoms with E-state index < -0.39 is 0 Å². The van der Waals surface area contributed by atoms with Crippen LogP contribution in [0.25, 0.3) is 22.3 Å². The first-order chi connectivity index (χ1) is 10.2. The highest BCUT2D eigenvalue weighted by Crippen LogP contribution is 2.25. The number of hydrogen-bond donors (Lipinski definition) is 1. The SMILES string of the molecule is CCNc1nc(C)c(C)nc1-c1ccc2ccccc2n1. The van der Waals surface area contributed by atoms with Gasteiger partial charge in [0.05, 0.1) is 22.6 Å². The third-order valence-corrected chi connectivity index (χ3v) is 3.49. The molecule has 4 nitrogen and oxygen atoms in total. The molecule has 0 saturated heterocycles. The standard InChI is InChI=1S/C17H18N4/c1-4-18-17-16(19-11(2)12(3)20-17)15-10-9-13-7-5-6-8-14(13)21-15/h5-10H,4H2,1-3H3,(H,18,20). The molecule has 0 aliphatic heterocycles. The van der Waals surface area contributed by atoms with E-state index >= 15 is 0 Å². The van der Waals surface area contributed by atoms with Crippen LogP contribution in [0.3, 0.4) is 0 Å². The first kappa shape index (κ1) is 13.5. The van der Waals surface area contributed by atoms with Crippen molar-refractivity contribution >= 4 is 16.7 Å². The summed E-state index contributed by atoms with van der Waals surface area (Å²) in [5, 5.41) is 4.40. The fourth-order valence-corrected chi connectivity index (χ4v) is 2.27. The van der Waals surface area contributed by atoms with Gasteiger partial charge in [-0.3, -0.25) is 0 Å². The summed E-state index contributed by atoms with van der Waals surface area (Å²) in [5.74, 6) is 0.795. The van der Waals surface area contributed by atoms with Gasteiger partial charge in [0.2, 0.25) is 0 Å². The molecule has 1 aromatic carbocycles. The van der Waals surface area contributed by atoms with Crippen molar-refractivity contribution < 1.29 is 0 Å². The van der Waals surface area contributed by atoms with Crippen molar-refractivity contribution in [2.24, 2.45) is 0 Å². The number of nitrogens with zero attached hydrogens (tertiary/aromatic N) is 3. The van der Waals surface area contributed by atoms with Crippen molar-refractivity contribution in [1.82, 2.24) is 15.0 Å². The highest BCUT2D eigenvalue weighted by atomic mass is 15.0. The van der Waals surface area contributed by atoms with Gasteiger partial charge in [-0.25, -0.2) is 15.0 Å². The summed E-state index contributed by atoms with van der Waals surface area (Å²) in [4.78, 5) is 14.0. The molecule has 0 spiro atoms. The number of aryl methyl sites for hydroxylation is 2. The Bertz CT molecular complexity index is 796. The van der Waals surface area contributed by atoms with E-state index in [0.29, 0.717) is 0 Å². The highest BCUT2D eigenvalue weighted by molar-refractivity contribution is 5.82. The molecule has 3 aromatic rings. The van der Waals surface area contributed by atoms with Crippen molar-refractivity contribution in [2.45, 2.75) is 20.8 Å². The number of nitrogens with one attached hydrogen (secondary N) is 1. The van der Waals surface area contributed by atoms with Crippen molar-refractivity contribution in [2.75, 3.05) is 11.9 Å². The topological polar surface area (TPSA) is 50.7 Å². The molecule has 0 radical (unpaired) electrons. The molecule has 0 aliphatic carbocycles. The van der Waals surface area contributed by atoms with Crippen LogP contribution >= 0.6 is 0 Å². The quantitative estimate of drug-likeness (QED) is 0.793. The first-order valence-electron chi connectivity index (χ1n) is 7.14. The number of aromatic nitrogens is 3. The molecule has 4 heteroatoms. The van der Waals surface area contributed by atoms with Crippen LogP contribution < -0.4 is 5.32 Å². The summed E-state index contributed by atoms with van der Waals surface area (Å²) in [5.41, 5.74) is 4.50. The van der Waals surface area contributed by atoms with Gasteiger partial charge in [-0.1, -0.05) is 24.3 Å². The molecular weight excluding hydrogens is 260 g/mol. The molecule has 2 heterocycles. The Morgan fingerprint density at radius 2 is 1.67 bits per heavy atom. The minimum Gasteiger partial charge on any atom is -0.368 e. The van der Waals surface area contributed by atoms with Crippen molar-refractivity contribution in [3.05, 3.63) is 47.8 Å². The van der Waals surface area contributed by atoms with Gasteiger partial charge < -0.3 is 5.32 Å². The van der Waals surface area contributed by atoms with Crippen LogP contribution in [-0.4, -0.2) is 21.5 Å². The number of hydrogen-bond acceptors (Lipinski definition) is 4. The second kappa shape index (κ2) is 5.48. The lowest BCUT2D eigenvalue weighted by atomic mass is 10.1. The Morgan fingerprint density at radius 1 is 0.905 bits per heavy atom. The number of benzene rings is 1. The Hall–Kier alpha value is -2.49. The zero-order valence-electron chi connectivity index (χ0n) is 12.5. The summed E-state index contributed by atoms with van der Waals surface area (Å²) in [7, 11) is 0. The van der Waals surface area contributed by atoms with Gasteiger partial charge in [-0.05, 0) is 32.9 Å². The molecule has 0 amide bonds. The van der Waals surface area contributed by atoms with Gasteiger partial charge in [0.25, 0.3) is 0 Å². The molecule has 0 fully saturated rings. The molecule has 106 valence electrons. The third-order valence-electron chi connectivity index (χ3n) is 3.49. The average Bonchev–Trinajstić information content (AvgIpc) is 2.50. The molecule has 0 bridgehead atoms. The Morgan fingerprint density at radius 3 is 2.48 bits per heavy atom. The lowest BCUT2D eigenvalue weighted by Crippen LogP contribution is -2.06. The number of fused-ring (bicyclic) bond motifs is 1. The zero-order chi connectivity index (χ0) is 14.8. The Balaban J connectivity index is 2.18. The second-order valence-corrected chi connectivity index (χ2v) is 5.01. The van der Waals surface area contributed by atoms with Crippen LogP contribution in [0.2, 0.25) is 0 Å². The maximum Gasteiger partial charge on any atom is 0.154 e. The number of pyridine rings is 1. The monoisotopic (exact) mass is 278 g/mol. The van der Waals surface area contributed by atoms with E-state index in [1.807, 2.05) is 38.1 Å².